The van der Waals surface area contributed by atoms with Crippen molar-refractivity contribution in [3.63, 3.8) is 0 Å². The van der Waals surface area contributed by atoms with Gasteiger partial charge < -0.3 is 20.1 Å². The third-order valence-corrected chi connectivity index (χ3v) is 3.62. The van der Waals surface area contributed by atoms with Gasteiger partial charge in [0.05, 0.1) is 19.7 Å². The summed E-state index contributed by atoms with van der Waals surface area (Å²) in [6.07, 6.45) is 1.79. The van der Waals surface area contributed by atoms with Gasteiger partial charge in [0.25, 0.3) is 0 Å². The highest BCUT2D eigenvalue weighted by molar-refractivity contribution is 5.90. The van der Waals surface area contributed by atoms with Gasteiger partial charge in [0, 0.05) is 35.8 Å². The van der Waals surface area contributed by atoms with E-state index in [2.05, 4.69) is 27.2 Å². The maximum atomic E-state index is 5.30. The van der Waals surface area contributed by atoms with Crippen molar-refractivity contribution in [3.05, 3.63) is 55.1 Å². The molecule has 0 spiro atoms. The first kappa shape index (κ1) is 16.6. The number of ether oxygens (including phenoxy) is 2. The third-order valence-electron chi connectivity index (χ3n) is 3.62. The Kier molecular flexibility index (Phi) is 4.99. The van der Waals surface area contributed by atoms with E-state index < -0.39 is 0 Å². The minimum absolute atomic E-state index is 0.487. The first-order valence-corrected chi connectivity index (χ1v) is 7.85. The maximum Gasteiger partial charge on any atom is 0.229 e. The fourth-order valence-corrected chi connectivity index (χ4v) is 2.44. The second-order valence-corrected chi connectivity index (χ2v) is 5.31. The molecule has 0 atom stereocenters. The largest absolute Gasteiger partial charge is 0.497 e. The molecule has 0 amide bonds. The predicted octanol–water partition coefficient (Wildman–Crippen LogP) is 3.99. The number of nitrogens with zero attached hydrogens (tertiary/aromatic N) is 2. The molecule has 3 aromatic rings. The van der Waals surface area contributed by atoms with Crippen molar-refractivity contribution in [1.29, 1.82) is 0 Å². The summed E-state index contributed by atoms with van der Waals surface area (Å²) < 4.78 is 10.6. The van der Waals surface area contributed by atoms with Crippen LogP contribution in [-0.2, 0) is 0 Å². The summed E-state index contributed by atoms with van der Waals surface area (Å²) in [5, 5.41) is 7.42. The number of rotatable bonds is 7. The number of anilines is 3. The predicted molar refractivity (Wildman–Crippen MR) is 101 cm³/mol. The van der Waals surface area contributed by atoms with E-state index in [0.29, 0.717) is 24.0 Å². The van der Waals surface area contributed by atoms with Gasteiger partial charge in [0.15, 0.2) is 0 Å². The molecule has 1 aromatic heterocycles. The van der Waals surface area contributed by atoms with Crippen LogP contribution in [-0.4, -0.2) is 30.7 Å². The van der Waals surface area contributed by atoms with Crippen molar-refractivity contribution in [2.75, 3.05) is 31.4 Å². The lowest BCUT2D eigenvalue weighted by molar-refractivity contribution is 0.395. The zero-order valence-electron chi connectivity index (χ0n) is 14.2. The van der Waals surface area contributed by atoms with Gasteiger partial charge in [-0.1, -0.05) is 18.2 Å². The van der Waals surface area contributed by atoms with E-state index in [1.165, 1.54) is 0 Å². The van der Waals surface area contributed by atoms with Gasteiger partial charge in [-0.25, -0.2) is 4.98 Å². The lowest BCUT2D eigenvalue weighted by Gasteiger charge is -2.12. The average molecular weight is 336 g/mol. The lowest BCUT2D eigenvalue weighted by atomic mass is 10.2. The van der Waals surface area contributed by atoms with Crippen LogP contribution in [0.5, 0.6) is 11.5 Å². The van der Waals surface area contributed by atoms with E-state index in [0.717, 1.165) is 22.4 Å². The first-order valence-electron chi connectivity index (χ1n) is 7.85. The molecule has 0 saturated carbocycles. The highest BCUT2D eigenvalue weighted by atomic mass is 16.5. The Bertz CT molecular complexity index is 873. The fraction of sp³-hybridized carbons (Fsp3) is 0.158. The van der Waals surface area contributed by atoms with Gasteiger partial charge in [-0.2, -0.15) is 4.98 Å². The summed E-state index contributed by atoms with van der Waals surface area (Å²) in [6.45, 7) is 4.35. The van der Waals surface area contributed by atoms with Crippen molar-refractivity contribution in [2.24, 2.45) is 0 Å². The summed E-state index contributed by atoms with van der Waals surface area (Å²) >= 11 is 0. The molecule has 0 saturated heterocycles. The first-order chi connectivity index (χ1) is 12.2. The van der Waals surface area contributed by atoms with E-state index in [-0.39, 0.29) is 0 Å². The quantitative estimate of drug-likeness (QED) is 0.636. The van der Waals surface area contributed by atoms with Crippen LogP contribution in [0.4, 0.5) is 17.5 Å². The smallest absolute Gasteiger partial charge is 0.229 e. The van der Waals surface area contributed by atoms with Crippen molar-refractivity contribution in [1.82, 2.24) is 9.97 Å². The fourth-order valence-electron chi connectivity index (χ4n) is 2.44. The molecule has 3 rings (SSSR count). The Hall–Kier alpha value is -3.28. The molecule has 0 unspecified atom stereocenters. The molecule has 6 nitrogen and oxygen atoms in total. The van der Waals surface area contributed by atoms with Gasteiger partial charge in [-0.15, -0.1) is 6.58 Å². The van der Waals surface area contributed by atoms with Crippen molar-refractivity contribution >= 4 is 28.4 Å². The Balaban J connectivity index is 1.99. The van der Waals surface area contributed by atoms with Crippen LogP contribution in [0.1, 0.15) is 0 Å². The van der Waals surface area contributed by atoms with E-state index in [1.54, 1.807) is 20.3 Å². The molecule has 0 bridgehead atoms. The van der Waals surface area contributed by atoms with Crippen molar-refractivity contribution < 1.29 is 9.47 Å². The van der Waals surface area contributed by atoms with Crippen LogP contribution >= 0.6 is 0 Å². The Morgan fingerprint density at radius 2 is 1.76 bits per heavy atom. The third kappa shape index (κ3) is 3.80. The molecule has 6 heteroatoms. The molecule has 0 aliphatic rings. The van der Waals surface area contributed by atoms with Gasteiger partial charge in [0.1, 0.15) is 17.3 Å². The normalized spacial score (nSPS) is 10.3. The number of hydrogen-bond donors (Lipinski definition) is 2. The number of fused-ring (bicyclic) bond motifs is 1. The van der Waals surface area contributed by atoms with Crippen molar-refractivity contribution in [2.45, 2.75) is 0 Å². The number of benzene rings is 2. The number of nitrogens with one attached hydrogen (secondary N) is 2. The second kappa shape index (κ2) is 7.53. The molecule has 25 heavy (non-hydrogen) atoms. The zero-order chi connectivity index (χ0) is 17.6. The summed E-state index contributed by atoms with van der Waals surface area (Å²) in [5.74, 6) is 2.61. The molecule has 128 valence electrons. The van der Waals surface area contributed by atoms with Crippen LogP contribution < -0.4 is 20.1 Å². The van der Waals surface area contributed by atoms with E-state index in [4.69, 9.17) is 9.47 Å². The minimum atomic E-state index is 0.487. The summed E-state index contributed by atoms with van der Waals surface area (Å²) in [4.78, 5) is 9.16. The summed E-state index contributed by atoms with van der Waals surface area (Å²) in [6, 6.07) is 13.4. The molecule has 0 aliphatic heterocycles. The molecular formula is C19H20N4O2. The average Bonchev–Trinajstić information content (AvgIpc) is 2.65. The number of methoxy groups -OCH3 is 2. The van der Waals surface area contributed by atoms with Gasteiger partial charge in [-0.05, 0) is 12.1 Å². The summed E-state index contributed by atoms with van der Waals surface area (Å²) in [7, 11) is 3.23. The van der Waals surface area contributed by atoms with Gasteiger partial charge in [0.2, 0.25) is 5.95 Å². The molecule has 0 aliphatic carbocycles. The van der Waals surface area contributed by atoms with E-state index >= 15 is 0 Å². The minimum Gasteiger partial charge on any atom is -0.497 e. The zero-order valence-corrected chi connectivity index (χ0v) is 14.2. The van der Waals surface area contributed by atoms with Gasteiger partial charge in [-0.3, -0.25) is 0 Å². The van der Waals surface area contributed by atoms with Crippen LogP contribution in [0, 0.1) is 0 Å². The number of para-hydroxylation sites is 1. The Morgan fingerprint density at radius 1 is 1.04 bits per heavy atom. The number of hydrogen-bond acceptors (Lipinski definition) is 6. The SMILES string of the molecule is C=CCNc1nc(Nc2cc(OC)cc(OC)c2)nc2ccccc12. The molecule has 0 radical (unpaired) electrons. The van der Waals surface area contributed by atoms with Crippen LogP contribution in [0.3, 0.4) is 0 Å². The highest BCUT2D eigenvalue weighted by Crippen LogP contribution is 2.28. The Labute approximate surface area is 146 Å². The highest BCUT2D eigenvalue weighted by Gasteiger charge is 2.09. The topological polar surface area (TPSA) is 68.3 Å². The molecule has 0 fully saturated rings. The summed E-state index contributed by atoms with van der Waals surface area (Å²) in [5.41, 5.74) is 1.63. The van der Waals surface area contributed by atoms with Crippen LogP contribution in [0.2, 0.25) is 0 Å². The Morgan fingerprint density at radius 3 is 2.44 bits per heavy atom. The van der Waals surface area contributed by atoms with Crippen LogP contribution in [0.25, 0.3) is 10.9 Å². The lowest BCUT2D eigenvalue weighted by Crippen LogP contribution is -2.05. The van der Waals surface area contributed by atoms with E-state index in [1.807, 2.05) is 42.5 Å². The number of aromatic nitrogens is 2. The van der Waals surface area contributed by atoms with E-state index in [9.17, 15) is 0 Å². The van der Waals surface area contributed by atoms with Crippen molar-refractivity contribution in [3.8, 4) is 11.5 Å². The standard InChI is InChI=1S/C19H20N4O2/c1-4-9-20-18-16-7-5-6-8-17(16)22-19(23-18)21-13-10-14(24-2)12-15(11-13)25-3/h4-8,10-12H,1,9H2,2-3H3,(H2,20,21,22,23). The monoisotopic (exact) mass is 336 g/mol. The van der Waals surface area contributed by atoms with Crippen LogP contribution in [0.15, 0.2) is 55.1 Å². The molecule has 1 heterocycles. The molecule has 2 aromatic carbocycles. The maximum absolute atomic E-state index is 5.30. The molecular weight excluding hydrogens is 316 g/mol. The molecule has 2 N–H and O–H groups in total. The van der Waals surface area contributed by atoms with Gasteiger partial charge >= 0.3 is 0 Å². The second-order valence-electron chi connectivity index (χ2n) is 5.31.